The van der Waals surface area contributed by atoms with Crippen LogP contribution in [0, 0.1) is 0 Å². The van der Waals surface area contributed by atoms with Crippen LogP contribution in [0.25, 0.3) is 30.6 Å². The molecule has 0 aliphatic heterocycles. The van der Waals surface area contributed by atoms with Crippen LogP contribution in [0.4, 0.5) is 10.3 Å². The molecule has 0 atom stereocenters. The molecule has 0 fully saturated rings. The van der Waals surface area contributed by atoms with Crippen LogP contribution >= 0.6 is 90.4 Å². The highest BCUT2D eigenvalue weighted by atomic mass is 33.1. The Bertz CT molecular complexity index is 2420. The number of anilines is 2. The van der Waals surface area contributed by atoms with Crippen LogP contribution in [0.15, 0.2) is 95.8 Å². The van der Waals surface area contributed by atoms with Crippen molar-refractivity contribution >= 4 is 154 Å². The quantitative estimate of drug-likeness (QED) is 0.0754. The van der Waals surface area contributed by atoms with Gasteiger partial charge in [0.25, 0.3) is 0 Å². The Morgan fingerprint density at radius 3 is 1.38 bits per heavy atom. The van der Waals surface area contributed by atoms with Gasteiger partial charge in [0.15, 0.2) is 46.4 Å². The summed E-state index contributed by atoms with van der Waals surface area (Å²) in [5.74, 6) is -0.832. The lowest BCUT2D eigenvalue weighted by atomic mass is 10.3. The van der Waals surface area contributed by atoms with Gasteiger partial charge in [-0.1, -0.05) is 36.4 Å². The number of nitrogen functional groups attached to an aromatic ring is 2. The Hall–Kier alpha value is -4.42. The molecule has 0 aliphatic rings. The van der Waals surface area contributed by atoms with E-state index < -0.39 is 5.97 Å². The molecule has 0 radical (unpaired) electrons. The fourth-order valence-corrected chi connectivity index (χ4v) is 11.4. The highest BCUT2D eigenvalue weighted by Crippen LogP contribution is 2.43. The van der Waals surface area contributed by atoms with Crippen LogP contribution in [0.2, 0.25) is 0 Å². The van der Waals surface area contributed by atoms with Gasteiger partial charge in [-0.25, -0.2) is 19.7 Å². The van der Waals surface area contributed by atoms with Crippen molar-refractivity contribution in [2.45, 2.75) is 13.0 Å². The molecular weight excluding hydrogens is 831 g/mol. The predicted molar refractivity (Wildman–Crippen MR) is 223 cm³/mol. The number of fused-ring (bicyclic) bond motifs is 3. The van der Waals surface area contributed by atoms with E-state index in [1.54, 1.807) is 44.3 Å². The molecule has 0 saturated carbocycles. The summed E-state index contributed by atoms with van der Waals surface area (Å²) < 4.78 is 14.1. The number of nitrogens with two attached hydrogens (primary N) is 2. The number of aliphatic imine (C=N–C) groups is 2. The third-order valence-corrected chi connectivity index (χ3v) is 14.4. The topological polar surface area (TPSA) is 221 Å². The Morgan fingerprint density at radius 1 is 0.604 bits per heavy atom. The Morgan fingerprint density at radius 2 is 1.00 bits per heavy atom. The zero-order chi connectivity index (χ0) is 37.3. The van der Waals surface area contributed by atoms with Crippen LogP contribution in [0.1, 0.15) is 11.6 Å². The van der Waals surface area contributed by atoms with E-state index in [-0.39, 0.29) is 33.3 Å². The number of nitrogens with zero attached hydrogens (tertiary/aromatic N) is 9. The maximum absolute atomic E-state index is 12.3. The van der Waals surface area contributed by atoms with Crippen LogP contribution in [0.3, 0.4) is 0 Å². The second-order valence-corrected chi connectivity index (χ2v) is 18.3. The van der Waals surface area contributed by atoms with Crippen LogP contribution in [-0.4, -0.2) is 75.4 Å². The van der Waals surface area contributed by atoms with Crippen molar-refractivity contribution < 1.29 is 14.7 Å². The second kappa shape index (κ2) is 18.1. The lowest BCUT2D eigenvalue weighted by molar-refractivity contribution is -0.129. The van der Waals surface area contributed by atoms with E-state index in [0.717, 1.165) is 64.8 Å². The number of thioether (sulfide) groups is 1. The maximum Gasteiger partial charge on any atom is 0.358 e. The number of thiazole rings is 3. The minimum absolute atomic E-state index is 0.0625. The summed E-state index contributed by atoms with van der Waals surface area (Å²) in [4.78, 5) is 51.6. The minimum atomic E-state index is -1.16. The van der Waals surface area contributed by atoms with E-state index in [1.165, 1.54) is 34.8 Å². The summed E-state index contributed by atoms with van der Waals surface area (Å²) in [5.41, 5.74) is 13.9. The van der Waals surface area contributed by atoms with Crippen molar-refractivity contribution in [1.29, 1.82) is 0 Å². The standard InChI is InChI=1S/C14H8N2S4.C12H9N5OS3.C5H6N4O2S/c1-3-7-11-9(5-1)15-13(17-11)19-20-14-16-10-6-2-4-8-12(10)18-14;1-14-8(9-16-11(13)21-17-9)10(18)20-12-15-6-4-2-3-5-7(6)19-12;1-7-2(4(10)11)3-8-5(6)12-9-3/h1-8H;2-5H,1H3,(H2,13,16,17);1H3,(H,10,11)(H2,6,8,9). The van der Waals surface area contributed by atoms with Gasteiger partial charge in [0.05, 0.1) is 30.6 Å². The molecule has 5 heterocycles. The molecule has 3 aromatic carbocycles. The molecule has 53 heavy (non-hydrogen) atoms. The second-order valence-electron chi connectivity index (χ2n) is 9.76. The van der Waals surface area contributed by atoms with Gasteiger partial charge in [0.2, 0.25) is 5.12 Å². The predicted octanol–water partition coefficient (Wildman–Crippen LogP) is 7.80. The number of rotatable bonds is 8. The van der Waals surface area contributed by atoms with E-state index in [4.69, 9.17) is 16.6 Å². The Balaban J connectivity index is 0.000000142. The summed E-state index contributed by atoms with van der Waals surface area (Å²) >= 11 is 7.93. The number of hydrogen-bond acceptors (Lipinski definition) is 21. The van der Waals surface area contributed by atoms with Crippen molar-refractivity contribution in [2.24, 2.45) is 9.98 Å². The van der Waals surface area contributed by atoms with Gasteiger partial charge in [-0.05, 0) is 69.7 Å². The largest absolute Gasteiger partial charge is 0.476 e. The van der Waals surface area contributed by atoms with E-state index in [0.29, 0.717) is 9.47 Å². The Labute approximate surface area is 332 Å². The first-order valence-corrected chi connectivity index (χ1v) is 21.7. The van der Waals surface area contributed by atoms with Crippen LogP contribution in [-0.2, 0) is 9.59 Å². The molecule has 0 spiro atoms. The van der Waals surface area contributed by atoms with E-state index >= 15 is 0 Å². The summed E-state index contributed by atoms with van der Waals surface area (Å²) in [5, 5.41) is 8.89. The Kier molecular flexibility index (Phi) is 13.1. The van der Waals surface area contributed by atoms with Crippen molar-refractivity contribution in [2.75, 3.05) is 25.6 Å². The lowest BCUT2D eigenvalue weighted by Gasteiger charge is -1.97. The number of carbonyl (C=O) groups is 2. The maximum atomic E-state index is 12.3. The molecule has 5 aromatic heterocycles. The number of hydrogen-bond donors (Lipinski definition) is 3. The normalized spacial score (nSPS) is 11.7. The van der Waals surface area contributed by atoms with Gasteiger partial charge in [0.1, 0.15) is 0 Å². The van der Waals surface area contributed by atoms with E-state index in [2.05, 4.69) is 80.0 Å². The SMILES string of the molecule is CN=C(C(=O)O)c1nsc(N)n1.CN=C(C(=O)Sc1nc2ccccc2s1)c1nsc(N)n1.c1ccc2sc(SSc3nc4ccccc4s3)nc2c1. The average molecular weight is 854 g/mol. The van der Waals surface area contributed by atoms with Gasteiger partial charge in [-0.3, -0.25) is 14.8 Å². The van der Waals surface area contributed by atoms with Gasteiger partial charge in [0, 0.05) is 37.2 Å². The van der Waals surface area contributed by atoms with Crippen molar-refractivity contribution in [3.05, 3.63) is 84.4 Å². The summed E-state index contributed by atoms with van der Waals surface area (Å²) in [6, 6.07) is 24.2. The van der Waals surface area contributed by atoms with Crippen LogP contribution < -0.4 is 11.5 Å². The van der Waals surface area contributed by atoms with Gasteiger partial charge >= 0.3 is 5.97 Å². The van der Waals surface area contributed by atoms with E-state index in [9.17, 15) is 9.59 Å². The van der Waals surface area contributed by atoms with Crippen LogP contribution in [0.5, 0.6) is 0 Å². The number of aliphatic carboxylic acids is 1. The first-order valence-electron chi connectivity index (χ1n) is 14.7. The monoisotopic (exact) mass is 853 g/mol. The number of para-hydroxylation sites is 3. The highest BCUT2D eigenvalue weighted by Gasteiger charge is 2.21. The molecule has 0 bridgehead atoms. The molecule has 0 aliphatic carbocycles. The molecule has 0 amide bonds. The van der Waals surface area contributed by atoms with E-state index in [1.807, 2.05) is 36.4 Å². The highest BCUT2D eigenvalue weighted by molar-refractivity contribution is 8.77. The number of aromatic nitrogens is 7. The molecule has 268 valence electrons. The molecule has 22 heteroatoms. The molecule has 14 nitrogen and oxygen atoms in total. The molecule has 0 saturated heterocycles. The van der Waals surface area contributed by atoms with Crippen molar-refractivity contribution in [1.82, 2.24) is 33.7 Å². The first kappa shape index (κ1) is 38.3. The average Bonchev–Trinajstić information content (AvgIpc) is 3.99. The van der Waals surface area contributed by atoms with Gasteiger partial charge in [-0.15, -0.1) is 34.0 Å². The first-order chi connectivity index (χ1) is 25.7. The molecular formula is C31H23N11O3S8. The number of carboxylic acid groups (broad SMARTS) is 1. The van der Waals surface area contributed by atoms with Crippen molar-refractivity contribution in [3.63, 3.8) is 0 Å². The minimum Gasteiger partial charge on any atom is -0.476 e. The number of carboxylic acids is 1. The smallest absolute Gasteiger partial charge is 0.358 e. The lowest BCUT2D eigenvalue weighted by Crippen LogP contribution is -2.15. The summed E-state index contributed by atoms with van der Waals surface area (Å²) in [6.07, 6.45) is 0. The summed E-state index contributed by atoms with van der Waals surface area (Å²) in [7, 11) is 6.27. The molecule has 8 aromatic rings. The fraction of sp³-hybridized carbons (Fsp3) is 0.0645. The molecule has 5 N–H and O–H groups in total. The molecule has 8 rings (SSSR count). The number of benzene rings is 3. The molecule has 0 unspecified atom stereocenters. The van der Waals surface area contributed by atoms with Crippen molar-refractivity contribution in [3.8, 4) is 0 Å². The third-order valence-electron chi connectivity index (χ3n) is 6.34. The zero-order valence-electron chi connectivity index (χ0n) is 27.1. The third kappa shape index (κ3) is 9.97. The number of carbonyl (C=O) groups excluding carboxylic acids is 1. The summed E-state index contributed by atoms with van der Waals surface area (Å²) in [6.45, 7) is 0. The van der Waals surface area contributed by atoms with Gasteiger partial charge < -0.3 is 16.6 Å². The zero-order valence-corrected chi connectivity index (χ0v) is 33.7. The fourth-order valence-electron chi connectivity index (χ4n) is 4.10. The van der Waals surface area contributed by atoms with Gasteiger partial charge in [-0.2, -0.15) is 18.7 Å².